The quantitative estimate of drug-likeness (QED) is 0.345. The normalized spacial score (nSPS) is 20.9. The predicted octanol–water partition coefficient (Wildman–Crippen LogP) is 2.69. The van der Waals surface area contributed by atoms with Crippen LogP contribution in [0.4, 0.5) is 0 Å². The molecule has 0 atom stereocenters. The number of hydrogen-bond acceptors (Lipinski definition) is 5. The molecule has 2 aliphatic rings. The smallest absolute Gasteiger partial charge is 0.191 e. The first-order valence-corrected chi connectivity index (χ1v) is 11.8. The van der Waals surface area contributed by atoms with Crippen LogP contribution in [0.25, 0.3) is 0 Å². The van der Waals surface area contributed by atoms with E-state index in [0.29, 0.717) is 13.2 Å². The van der Waals surface area contributed by atoms with Gasteiger partial charge in [-0.15, -0.1) is 0 Å². The fourth-order valence-corrected chi connectivity index (χ4v) is 4.49. The zero-order valence-corrected chi connectivity index (χ0v) is 19.0. The van der Waals surface area contributed by atoms with Crippen molar-refractivity contribution >= 4 is 5.96 Å². The molecule has 2 fully saturated rings. The summed E-state index contributed by atoms with van der Waals surface area (Å²) in [6.45, 7) is 10.8. The van der Waals surface area contributed by atoms with Gasteiger partial charge in [0.05, 0.1) is 12.8 Å². The Morgan fingerprint density at radius 1 is 1.17 bits per heavy atom. The summed E-state index contributed by atoms with van der Waals surface area (Å²) in [5, 5.41) is 6.91. The summed E-state index contributed by atoms with van der Waals surface area (Å²) in [5.74, 6) is 1.80. The molecule has 3 heterocycles. The number of ether oxygens (including phenoxy) is 1. The van der Waals surface area contributed by atoms with Crippen molar-refractivity contribution < 1.29 is 9.15 Å². The van der Waals surface area contributed by atoms with E-state index in [1.54, 1.807) is 6.26 Å². The molecular formula is C23H41N5O2. The summed E-state index contributed by atoms with van der Waals surface area (Å²) in [4.78, 5) is 10.3. The van der Waals surface area contributed by atoms with Gasteiger partial charge >= 0.3 is 0 Å². The first-order chi connectivity index (χ1) is 14.7. The number of guanidine groups is 1. The summed E-state index contributed by atoms with van der Waals surface area (Å²) >= 11 is 0. The van der Waals surface area contributed by atoms with Crippen LogP contribution in [0.3, 0.4) is 0 Å². The van der Waals surface area contributed by atoms with E-state index in [9.17, 15) is 0 Å². The molecule has 2 saturated heterocycles. The topological polar surface area (TPSA) is 65.3 Å². The van der Waals surface area contributed by atoms with Crippen LogP contribution in [0.1, 0.15) is 51.2 Å². The first-order valence-electron chi connectivity index (χ1n) is 11.8. The van der Waals surface area contributed by atoms with Crippen LogP contribution in [0.5, 0.6) is 0 Å². The molecule has 0 bridgehead atoms. The van der Waals surface area contributed by atoms with Gasteiger partial charge in [0.25, 0.3) is 0 Å². The van der Waals surface area contributed by atoms with Crippen molar-refractivity contribution in [3.63, 3.8) is 0 Å². The van der Waals surface area contributed by atoms with Crippen LogP contribution < -0.4 is 10.6 Å². The Morgan fingerprint density at radius 2 is 1.97 bits per heavy atom. The van der Waals surface area contributed by atoms with Gasteiger partial charge in [-0.25, -0.2) is 0 Å². The van der Waals surface area contributed by atoms with Crippen LogP contribution in [0.15, 0.2) is 27.8 Å². The zero-order valence-electron chi connectivity index (χ0n) is 19.0. The number of hydrogen-bond donors (Lipinski definition) is 2. The molecule has 0 aliphatic carbocycles. The lowest BCUT2D eigenvalue weighted by Gasteiger charge is -2.49. The molecule has 0 aromatic carbocycles. The Balaban J connectivity index is 1.48. The van der Waals surface area contributed by atoms with Gasteiger partial charge < -0.3 is 24.7 Å². The van der Waals surface area contributed by atoms with Crippen molar-refractivity contribution in [2.24, 2.45) is 4.99 Å². The van der Waals surface area contributed by atoms with Crippen molar-refractivity contribution in [1.29, 1.82) is 0 Å². The van der Waals surface area contributed by atoms with E-state index in [1.165, 1.54) is 58.3 Å². The number of nitrogens with zero attached hydrogens (tertiary/aromatic N) is 3. The predicted molar refractivity (Wildman–Crippen MR) is 122 cm³/mol. The number of piperidine rings is 2. The molecule has 0 radical (unpaired) electrons. The summed E-state index contributed by atoms with van der Waals surface area (Å²) in [6.07, 6.45) is 9.09. The largest absolute Gasteiger partial charge is 0.467 e. The summed E-state index contributed by atoms with van der Waals surface area (Å²) in [6, 6.07) is 3.83. The van der Waals surface area contributed by atoms with Gasteiger partial charge in [0, 0.05) is 25.2 Å². The van der Waals surface area contributed by atoms with Gasteiger partial charge in [-0.2, -0.15) is 0 Å². The van der Waals surface area contributed by atoms with Gasteiger partial charge in [0.2, 0.25) is 0 Å². The standard InChI is InChI=1S/C23H41N5O2/c1-3-24-22(25-12-8-17-29-19-21-9-7-18-30-21)26-20-23(10-15-27(2)16-11-23)28-13-5-4-6-14-28/h7,9,18H,3-6,8,10-17,19-20H2,1-2H3,(H2,24,25,26). The monoisotopic (exact) mass is 419 g/mol. The second-order valence-electron chi connectivity index (χ2n) is 8.68. The Kier molecular flexibility index (Phi) is 9.49. The highest BCUT2D eigenvalue weighted by Gasteiger charge is 2.39. The van der Waals surface area contributed by atoms with Gasteiger partial charge in [-0.1, -0.05) is 6.42 Å². The van der Waals surface area contributed by atoms with E-state index >= 15 is 0 Å². The summed E-state index contributed by atoms with van der Waals surface area (Å²) in [5.41, 5.74) is 0.224. The molecule has 1 aromatic rings. The van der Waals surface area contributed by atoms with E-state index in [2.05, 4.69) is 34.4 Å². The van der Waals surface area contributed by atoms with E-state index in [4.69, 9.17) is 14.1 Å². The molecule has 30 heavy (non-hydrogen) atoms. The molecule has 1 aromatic heterocycles. The second-order valence-corrected chi connectivity index (χ2v) is 8.68. The van der Waals surface area contributed by atoms with E-state index < -0.39 is 0 Å². The minimum atomic E-state index is 0.224. The number of furan rings is 1. The van der Waals surface area contributed by atoms with Crippen LogP contribution in [-0.4, -0.2) is 80.8 Å². The van der Waals surface area contributed by atoms with Crippen LogP contribution >= 0.6 is 0 Å². The average Bonchev–Trinajstić information content (AvgIpc) is 3.30. The molecule has 7 nitrogen and oxygen atoms in total. The molecule has 0 amide bonds. The molecule has 0 unspecified atom stereocenters. The summed E-state index contributed by atoms with van der Waals surface area (Å²) < 4.78 is 11.0. The van der Waals surface area contributed by atoms with Gasteiger partial charge in [-0.05, 0) is 84.4 Å². The molecule has 2 N–H and O–H groups in total. The highest BCUT2D eigenvalue weighted by atomic mass is 16.5. The Bertz CT molecular complexity index is 605. The Hall–Kier alpha value is -1.57. The number of aliphatic imine (C=N–C) groups is 1. The molecular weight excluding hydrogens is 378 g/mol. The Morgan fingerprint density at radius 3 is 2.67 bits per heavy atom. The van der Waals surface area contributed by atoms with Crippen molar-refractivity contribution in [1.82, 2.24) is 20.4 Å². The molecule has 3 rings (SSSR count). The lowest BCUT2D eigenvalue weighted by Crippen LogP contribution is -2.58. The summed E-state index contributed by atoms with van der Waals surface area (Å²) in [7, 11) is 2.24. The van der Waals surface area contributed by atoms with E-state index in [1.807, 2.05) is 12.1 Å². The minimum absolute atomic E-state index is 0.224. The van der Waals surface area contributed by atoms with Crippen LogP contribution in [0, 0.1) is 0 Å². The maximum atomic E-state index is 5.68. The fraction of sp³-hybridized carbons (Fsp3) is 0.783. The molecule has 0 saturated carbocycles. The third-order valence-corrected chi connectivity index (χ3v) is 6.40. The fourth-order valence-electron chi connectivity index (χ4n) is 4.49. The minimum Gasteiger partial charge on any atom is -0.467 e. The maximum absolute atomic E-state index is 5.68. The molecule has 0 spiro atoms. The molecule has 170 valence electrons. The van der Waals surface area contributed by atoms with Gasteiger partial charge in [0.1, 0.15) is 12.4 Å². The zero-order chi connectivity index (χ0) is 21.1. The highest BCUT2D eigenvalue weighted by Crippen LogP contribution is 2.31. The van der Waals surface area contributed by atoms with Gasteiger partial charge in [0.15, 0.2) is 5.96 Å². The first kappa shape index (κ1) is 23.1. The van der Waals surface area contributed by atoms with Crippen molar-refractivity contribution in [2.45, 2.75) is 57.6 Å². The maximum Gasteiger partial charge on any atom is 0.191 e. The lowest BCUT2D eigenvalue weighted by molar-refractivity contribution is 0.0208. The van der Waals surface area contributed by atoms with E-state index in [-0.39, 0.29) is 5.54 Å². The van der Waals surface area contributed by atoms with Crippen LogP contribution in [-0.2, 0) is 11.3 Å². The van der Waals surface area contributed by atoms with Gasteiger partial charge in [-0.3, -0.25) is 9.89 Å². The molecule has 2 aliphatic heterocycles. The molecule has 7 heteroatoms. The third-order valence-electron chi connectivity index (χ3n) is 6.40. The SMILES string of the molecule is CCNC(=NCC1(N2CCCCC2)CCN(C)CC1)NCCCOCc1ccco1. The highest BCUT2D eigenvalue weighted by molar-refractivity contribution is 5.79. The van der Waals surface area contributed by atoms with E-state index in [0.717, 1.165) is 37.8 Å². The lowest BCUT2D eigenvalue weighted by atomic mass is 9.84. The van der Waals surface area contributed by atoms with Crippen molar-refractivity contribution in [3.05, 3.63) is 24.2 Å². The third kappa shape index (κ3) is 7.00. The number of likely N-dealkylation sites (tertiary alicyclic amines) is 2. The second kappa shape index (κ2) is 12.3. The van der Waals surface area contributed by atoms with Crippen LogP contribution in [0.2, 0.25) is 0 Å². The number of nitrogens with one attached hydrogen (secondary N) is 2. The average molecular weight is 420 g/mol. The Labute approximate surface area is 182 Å². The number of rotatable bonds is 10. The van der Waals surface area contributed by atoms with Crippen molar-refractivity contribution in [2.75, 3.05) is 59.5 Å². The van der Waals surface area contributed by atoms with Crippen molar-refractivity contribution in [3.8, 4) is 0 Å².